The van der Waals surface area contributed by atoms with Gasteiger partial charge in [0.2, 0.25) is 0 Å². The first-order valence-corrected chi connectivity index (χ1v) is 4.53. The third-order valence-corrected chi connectivity index (χ3v) is 1.95. The average Bonchev–Trinajstić information content (AvgIpc) is 2.73. The summed E-state index contributed by atoms with van der Waals surface area (Å²) in [5, 5.41) is 2.51. The van der Waals surface area contributed by atoms with E-state index in [0.29, 0.717) is 11.5 Å². The van der Waals surface area contributed by atoms with Gasteiger partial charge in [-0.2, -0.15) is 0 Å². The number of imidazole rings is 1. The van der Waals surface area contributed by atoms with E-state index in [2.05, 4.69) is 20.7 Å². The van der Waals surface area contributed by atoms with Crippen LogP contribution in [0.4, 0.5) is 20.4 Å². The minimum absolute atomic E-state index is 0.265. The van der Waals surface area contributed by atoms with Crippen LogP contribution >= 0.6 is 0 Å². The van der Waals surface area contributed by atoms with Gasteiger partial charge in [-0.15, -0.1) is 0 Å². The van der Waals surface area contributed by atoms with E-state index in [9.17, 15) is 8.78 Å². The second-order valence-electron chi connectivity index (χ2n) is 3.05. The van der Waals surface area contributed by atoms with Crippen LogP contribution in [0.15, 0.2) is 18.6 Å². The van der Waals surface area contributed by atoms with Crippen molar-refractivity contribution in [3.8, 4) is 0 Å². The van der Waals surface area contributed by atoms with Gasteiger partial charge >= 0.3 is 0 Å². The second-order valence-corrected chi connectivity index (χ2v) is 3.05. The van der Waals surface area contributed by atoms with E-state index in [4.69, 9.17) is 5.84 Å². The monoisotopic (exact) mass is 228 g/mol. The lowest BCUT2D eigenvalue weighted by atomic mass is 10.5. The van der Waals surface area contributed by atoms with Gasteiger partial charge in [0.15, 0.2) is 17.3 Å². The highest BCUT2D eigenvalue weighted by Gasteiger charge is 2.09. The first kappa shape index (κ1) is 10.6. The number of hydrazine groups is 1. The minimum Gasteiger partial charge on any atom is -0.361 e. The molecule has 2 aromatic heterocycles. The molecule has 8 heteroatoms. The molecule has 0 saturated heterocycles. The van der Waals surface area contributed by atoms with E-state index in [-0.39, 0.29) is 5.82 Å². The Morgan fingerprint density at radius 1 is 1.50 bits per heavy atom. The number of aromatic nitrogens is 3. The number of nitrogens with one attached hydrogen (secondary N) is 2. The van der Waals surface area contributed by atoms with Gasteiger partial charge in [-0.3, -0.25) is 0 Å². The van der Waals surface area contributed by atoms with Crippen molar-refractivity contribution in [2.45, 2.75) is 6.43 Å². The fourth-order valence-corrected chi connectivity index (χ4v) is 1.29. The summed E-state index contributed by atoms with van der Waals surface area (Å²) in [6.45, 7) is -0.483. The molecule has 0 aliphatic carbocycles. The summed E-state index contributed by atoms with van der Waals surface area (Å²) in [6, 6.07) is 0. The molecule has 0 unspecified atom stereocenters. The summed E-state index contributed by atoms with van der Waals surface area (Å²) >= 11 is 0. The Morgan fingerprint density at radius 2 is 2.31 bits per heavy atom. The van der Waals surface area contributed by atoms with Gasteiger partial charge in [-0.1, -0.05) is 0 Å². The Bertz CT molecular complexity index is 482. The van der Waals surface area contributed by atoms with Crippen LogP contribution in [0.5, 0.6) is 0 Å². The lowest BCUT2D eigenvalue weighted by Gasteiger charge is -2.08. The number of nitrogens with two attached hydrogens (primary N) is 1. The molecular formula is C8H10F2N6. The number of nitrogens with zero attached hydrogens (tertiary/aromatic N) is 3. The smallest absolute Gasteiger partial charge is 0.255 e. The average molecular weight is 228 g/mol. The van der Waals surface area contributed by atoms with Crippen molar-refractivity contribution in [2.75, 3.05) is 17.3 Å². The molecule has 0 bridgehead atoms. The van der Waals surface area contributed by atoms with Crippen LogP contribution in [-0.4, -0.2) is 27.3 Å². The van der Waals surface area contributed by atoms with Gasteiger partial charge in [-0.05, 0) is 0 Å². The molecule has 6 nitrogen and oxygen atoms in total. The Labute approximate surface area is 89.5 Å². The number of hydrogen-bond acceptors (Lipinski definition) is 5. The normalized spacial score (nSPS) is 11.0. The molecule has 0 aliphatic rings. The summed E-state index contributed by atoms with van der Waals surface area (Å²) in [5.41, 5.74) is 2.82. The lowest BCUT2D eigenvalue weighted by Crippen LogP contribution is -2.15. The predicted octanol–water partition coefficient (Wildman–Crippen LogP) is 0.692. The topological polar surface area (TPSA) is 80.3 Å². The van der Waals surface area contributed by atoms with Crippen molar-refractivity contribution < 1.29 is 8.78 Å². The van der Waals surface area contributed by atoms with Crippen molar-refractivity contribution in [3.63, 3.8) is 0 Å². The summed E-state index contributed by atoms with van der Waals surface area (Å²) in [5.74, 6) is 5.84. The molecule has 0 radical (unpaired) electrons. The van der Waals surface area contributed by atoms with E-state index >= 15 is 0 Å². The molecule has 2 heterocycles. The molecule has 2 rings (SSSR count). The number of fused-ring (bicyclic) bond motifs is 1. The van der Waals surface area contributed by atoms with Crippen LogP contribution < -0.4 is 16.6 Å². The van der Waals surface area contributed by atoms with Gasteiger partial charge in [0.1, 0.15) is 0 Å². The van der Waals surface area contributed by atoms with Crippen LogP contribution in [0.1, 0.15) is 0 Å². The fourth-order valence-electron chi connectivity index (χ4n) is 1.29. The van der Waals surface area contributed by atoms with Crippen molar-refractivity contribution in [1.29, 1.82) is 0 Å². The quantitative estimate of drug-likeness (QED) is 0.530. The summed E-state index contributed by atoms with van der Waals surface area (Å²) in [7, 11) is 0. The van der Waals surface area contributed by atoms with Crippen molar-refractivity contribution in [1.82, 2.24) is 14.4 Å². The number of alkyl halides is 2. The van der Waals surface area contributed by atoms with Crippen molar-refractivity contribution in [2.24, 2.45) is 5.84 Å². The van der Waals surface area contributed by atoms with Crippen LogP contribution in [-0.2, 0) is 0 Å². The number of rotatable bonds is 4. The minimum atomic E-state index is -2.45. The summed E-state index contributed by atoms with van der Waals surface area (Å²) in [6.07, 6.45) is 2.37. The highest BCUT2D eigenvalue weighted by Crippen LogP contribution is 2.15. The molecule has 0 amide bonds. The Balaban J connectivity index is 2.36. The lowest BCUT2D eigenvalue weighted by molar-refractivity contribution is 0.163. The number of anilines is 2. The maximum atomic E-state index is 12.1. The molecule has 0 aliphatic heterocycles. The third kappa shape index (κ3) is 2.01. The largest absolute Gasteiger partial charge is 0.361 e. The Morgan fingerprint density at radius 3 is 3.00 bits per heavy atom. The molecule has 4 N–H and O–H groups in total. The van der Waals surface area contributed by atoms with Gasteiger partial charge in [0.25, 0.3) is 6.43 Å². The molecule has 0 saturated carbocycles. The highest BCUT2D eigenvalue weighted by molar-refractivity contribution is 5.65. The van der Waals surface area contributed by atoms with Crippen LogP contribution in [0.3, 0.4) is 0 Å². The summed E-state index contributed by atoms with van der Waals surface area (Å²) < 4.78 is 25.8. The second kappa shape index (κ2) is 4.27. The van der Waals surface area contributed by atoms with E-state index in [1.54, 1.807) is 23.0 Å². The molecule has 2 aromatic rings. The maximum Gasteiger partial charge on any atom is 0.255 e. The van der Waals surface area contributed by atoms with Crippen LogP contribution in [0, 0.1) is 0 Å². The zero-order chi connectivity index (χ0) is 11.5. The van der Waals surface area contributed by atoms with E-state index in [0.717, 1.165) is 0 Å². The molecule has 0 spiro atoms. The first-order chi connectivity index (χ1) is 7.70. The Hall–Kier alpha value is -1.96. The zero-order valence-electron chi connectivity index (χ0n) is 8.19. The van der Waals surface area contributed by atoms with E-state index < -0.39 is 13.0 Å². The van der Waals surface area contributed by atoms with Gasteiger partial charge in [0.05, 0.1) is 12.7 Å². The van der Waals surface area contributed by atoms with Crippen LogP contribution in [0.25, 0.3) is 5.65 Å². The molecular weight excluding hydrogens is 218 g/mol. The zero-order valence-corrected chi connectivity index (χ0v) is 8.19. The molecule has 0 atom stereocenters. The third-order valence-electron chi connectivity index (χ3n) is 1.95. The van der Waals surface area contributed by atoms with Gasteiger partial charge in [-0.25, -0.2) is 24.6 Å². The molecule has 0 fully saturated rings. The predicted molar refractivity (Wildman–Crippen MR) is 55.3 cm³/mol. The number of nitrogen functional groups attached to an aromatic ring is 1. The maximum absolute atomic E-state index is 12.1. The van der Waals surface area contributed by atoms with E-state index in [1.807, 2.05) is 0 Å². The van der Waals surface area contributed by atoms with Crippen molar-refractivity contribution in [3.05, 3.63) is 18.6 Å². The highest BCUT2D eigenvalue weighted by atomic mass is 19.3. The first-order valence-electron chi connectivity index (χ1n) is 4.53. The SMILES string of the molecule is NNc1cn2ccnc2c(NCC(F)F)n1. The van der Waals surface area contributed by atoms with Gasteiger partial charge < -0.3 is 15.1 Å². The summed E-state index contributed by atoms with van der Waals surface area (Å²) in [4.78, 5) is 8.00. The van der Waals surface area contributed by atoms with Crippen molar-refractivity contribution >= 4 is 17.3 Å². The molecule has 16 heavy (non-hydrogen) atoms. The molecule has 0 aromatic carbocycles. The Kier molecular flexibility index (Phi) is 2.82. The number of hydrogen-bond donors (Lipinski definition) is 3. The standard InChI is InChI=1S/C8H10F2N6/c9-5(10)3-13-7-8-12-1-2-16(8)4-6(14-7)15-11/h1-2,4-5,15H,3,11H2,(H,13,14). The van der Waals surface area contributed by atoms with Crippen LogP contribution in [0.2, 0.25) is 0 Å². The van der Waals surface area contributed by atoms with E-state index in [1.165, 1.54) is 0 Å². The molecule has 86 valence electrons. The number of halogens is 2. The van der Waals surface area contributed by atoms with Gasteiger partial charge in [0, 0.05) is 12.4 Å². The fraction of sp³-hybridized carbons (Fsp3) is 0.250.